The third-order valence-electron chi connectivity index (χ3n) is 2.94. The molecule has 0 bridgehead atoms. The molecule has 1 aromatic carbocycles. The third-order valence-corrected chi connectivity index (χ3v) is 2.94. The van der Waals surface area contributed by atoms with Crippen LogP contribution in [-0.2, 0) is 0 Å². The van der Waals surface area contributed by atoms with E-state index in [1.165, 1.54) is 10.9 Å². The van der Waals surface area contributed by atoms with E-state index in [0.717, 1.165) is 23.3 Å². The van der Waals surface area contributed by atoms with Crippen LogP contribution in [0.25, 0.3) is 11.0 Å². The maximum atomic E-state index is 5.87. The Labute approximate surface area is 102 Å². The quantitative estimate of drug-likeness (QED) is 0.802. The second-order valence-electron chi connectivity index (χ2n) is 4.69. The van der Waals surface area contributed by atoms with E-state index >= 15 is 0 Å². The van der Waals surface area contributed by atoms with Gasteiger partial charge in [-0.05, 0) is 45.5 Å². The highest BCUT2D eigenvalue weighted by Gasteiger charge is 2.14. The number of nitrogens with one attached hydrogen (secondary N) is 1. The molecule has 90 valence electrons. The topological polar surface area (TPSA) is 25.2 Å². The Bertz CT molecular complexity index is 539. The van der Waals surface area contributed by atoms with Crippen molar-refractivity contribution >= 4 is 11.0 Å². The van der Waals surface area contributed by atoms with Crippen LogP contribution in [0.1, 0.15) is 30.7 Å². The molecule has 1 heterocycles. The molecular formula is C15H19NO. The SMILES string of the molecule is C=C(C)CC(NC)c1cc2cc(C)ccc2o1. The summed E-state index contributed by atoms with van der Waals surface area (Å²) < 4.78 is 5.87. The Morgan fingerprint density at radius 3 is 2.82 bits per heavy atom. The van der Waals surface area contributed by atoms with Gasteiger partial charge in [-0.25, -0.2) is 0 Å². The molecular weight excluding hydrogens is 210 g/mol. The van der Waals surface area contributed by atoms with Crippen molar-refractivity contribution in [1.29, 1.82) is 0 Å². The summed E-state index contributed by atoms with van der Waals surface area (Å²) in [6, 6.07) is 8.58. The van der Waals surface area contributed by atoms with Gasteiger partial charge in [-0.3, -0.25) is 0 Å². The lowest BCUT2D eigenvalue weighted by atomic mass is 10.1. The van der Waals surface area contributed by atoms with Crippen LogP contribution in [0.15, 0.2) is 40.8 Å². The lowest BCUT2D eigenvalue weighted by molar-refractivity contribution is 0.450. The lowest BCUT2D eigenvalue weighted by Crippen LogP contribution is -2.15. The summed E-state index contributed by atoms with van der Waals surface area (Å²) in [5.41, 5.74) is 3.36. The predicted octanol–water partition coefficient (Wildman–Crippen LogP) is 3.97. The average molecular weight is 229 g/mol. The molecule has 2 nitrogen and oxygen atoms in total. The third kappa shape index (κ3) is 2.59. The van der Waals surface area contributed by atoms with Gasteiger partial charge in [0.05, 0.1) is 6.04 Å². The lowest BCUT2D eigenvalue weighted by Gasteiger charge is -2.12. The second-order valence-corrected chi connectivity index (χ2v) is 4.69. The monoisotopic (exact) mass is 229 g/mol. The van der Waals surface area contributed by atoms with E-state index in [0.29, 0.717) is 0 Å². The van der Waals surface area contributed by atoms with Crippen molar-refractivity contribution in [2.45, 2.75) is 26.3 Å². The molecule has 1 atom stereocenters. The first kappa shape index (κ1) is 11.9. The number of hydrogen-bond donors (Lipinski definition) is 1. The van der Waals surface area contributed by atoms with Crippen LogP contribution in [0.4, 0.5) is 0 Å². The number of hydrogen-bond acceptors (Lipinski definition) is 2. The highest BCUT2D eigenvalue weighted by Crippen LogP contribution is 2.27. The first-order valence-corrected chi connectivity index (χ1v) is 5.92. The molecule has 0 saturated carbocycles. The number of benzene rings is 1. The fraction of sp³-hybridized carbons (Fsp3) is 0.333. The number of aryl methyl sites for hydroxylation is 1. The van der Waals surface area contributed by atoms with Crippen molar-refractivity contribution in [1.82, 2.24) is 5.32 Å². The smallest absolute Gasteiger partial charge is 0.134 e. The number of fused-ring (bicyclic) bond motifs is 1. The maximum Gasteiger partial charge on any atom is 0.134 e. The zero-order valence-corrected chi connectivity index (χ0v) is 10.7. The zero-order chi connectivity index (χ0) is 12.4. The molecule has 2 rings (SSSR count). The van der Waals surface area contributed by atoms with E-state index < -0.39 is 0 Å². The molecule has 0 fully saturated rings. The summed E-state index contributed by atoms with van der Waals surface area (Å²) in [4.78, 5) is 0. The van der Waals surface area contributed by atoms with E-state index in [2.05, 4.69) is 37.0 Å². The number of rotatable bonds is 4. The second kappa shape index (κ2) is 4.76. The van der Waals surface area contributed by atoms with Crippen LogP contribution >= 0.6 is 0 Å². The van der Waals surface area contributed by atoms with Crippen molar-refractivity contribution in [3.8, 4) is 0 Å². The van der Waals surface area contributed by atoms with E-state index in [4.69, 9.17) is 4.42 Å². The van der Waals surface area contributed by atoms with Crippen LogP contribution in [-0.4, -0.2) is 7.05 Å². The predicted molar refractivity (Wildman–Crippen MR) is 72.2 cm³/mol. The minimum Gasteiger partial charge on any atom is -0.459 e. The Morgan fingerprint density at radius 1 is 1.41 bits per heavy atom. The van der Waals surface area contributed by atoms with Gasteiger partial charge in [-0.2, -0.15) is 0 Å². The first-order valence-electron chi connectivity index (χ1n) is 5.92. The summed E-state index contributed by atoms with van der Waals surface area (Å²) >= 11 is 0. The number of furan rings is 1. The van der Waals surface area contributed by atoms with Gasteiger partial charge in [0.2, 0.25) is 0 Å². The van der Waals surface area contributed by atoms with E-state index in [1.807, 2.05) is 20.0 Å². The molecule has 0 spiro atoms. The fourth-order valence-corrected chi connectivity index (χ4v) is 2.05. The normalized spacial score (nSPS) is 12.9. The molecule has 0 amide bonds. The molecule has 0 radical (unpaired) electrons. The Morgan fingerprint density at radius 2 is 2.18 bits per heavy atom. The molecule has 0 aliphatic rings. The minimum absolute atomic E-state index is 0.209. The van der Waals surface area contributed by atoms with Gasteiger partial charge < -0.3 is 9.73 Å². The fourth-order valence-electron chi connectivity index (χ4n) is 2.05. The van der Waals surface area contributed by atoms with Gasteiger partial charge in [0.25, 0.3) is 0 Å². The molecule has 1 N–H and O–H groups in total. The van der Waals surface area contributed by atoms with Gasteiger partial charge in [0.1, 0.15) is 11.3 Å². The summed E-state index contributed by atoms with van der Waals surface area (Å²) in [7, 11) is 1.95. The van der Waals surface area contributed by atoms with E-state index in [-0.39, 0.29) is 6.04 Å². The Balaban J connectivity index is 2.37. The first-order chi connectivity index (χ1) is 8.10. The van der Waals surface area contributed by atoms with Gasteiger partial charge in [-0.1, -0.05) is 17.2 Å². The van der Waals surface area contributed by atoms with Crippen molar-refractivity contribution < 1.29 is 4.42 Å². The summed E-state index contributed by atoms with van der Waals surface area (Å²) in [6.45, 7) is 8.09. The maximum absolute atomic E-state index is 5.87. The molecule has 2 heteroatoms. The Kier molecular flexibility index (Phi) is 3.34. The average Bonchev–Trinajstić information content (AvgIpc) is 2.68. The van der Waals surface area contributed by atoms with Crippen LogP contribution in [0, 0.1) is 6.92 Å². The zero-order valence-electron chi connectivity index (χ0n) is 10.7. The molecule has 1 aromatic heterocycles. The van der Waals surface area contributed by atoms with Crippen molar-refractivity contribution in [3.05, 3.63) is 47.7 Å². The minimum atomic E-state index is 0.209. The van der Waals surface area contributed by atoms with E-state index in [1.54, 1.807) is 0 Å². The van der Waals surface area contributed by atoms with Gasteiger partial charge in [-0.15, -0.1) is 6.58 Å². The van der Waals surface area contributed by atoms with Gasteiger partial charge >= 0.3 is 0 Å². The van der Waals surface area contributed by atoms with Crippen LogP contribution in [0.5, 0.6) is 0 Å². The van der Waals surface area contributed by atoms with E-state index in [9.17, 15) is 0 Å². The van der Waals surface area contributed by atoms with Crippen molar-refractivity contribution in [2.75, 3.05) is 7.05 Å². The van der Waals surface area contributed by atoms with Crippen LogP contribution < -0.4 is 5.32 Å². The standard InChI is InChI=1S/C15H19NO/c1-10(2)7-13(16-4)15-9-12-8-11(3)5-6-14(12)17-15/h5-6,8-9,13,16H,1,7H2,2-4H3. The summed E-state index contributed by atoms with van der Waals surface area (Å²) in [5.74, 6) is 0.983. The van der Waals surface area contributed by atoms with Crippen LogP contribution in [0.2, 0.25) is 0 Å². The molecule has 0 aliphatic carbocycles. The molecule has 2 aromatic rings. The van der Waals surface area contributed by atoms with Crippen molar-refractivity contribution in [3.63, 3.8) is 0 Å². The summed E-state index contributed by atoms with van der Waals surface area (Å²) in [5, 5.41) is 4.44. The molecule has 1 unspecified atom stereocenters. The largest absolute Gasteiger partial charge is 0.459 e. The highest BCUT2D eigenvalue weighted by molar-refractivity contribution is 5.78. The highest BCUT2D eigenvalue weighted by atomic mass is 16.3. The Hall–Kier alpha value is -1.54. The summed E-state index contributed by atoms with van der Waals surface area (Å²) in [6.07, 6.45) is 0.898. The van der Waals surface area contributed by atoms with Gasteiger partial charge in [0.15, 0.2) is 0 Å². The molecule has 17 heavy (non-hydrogen) atoms. The van der Waals surface area contributed by atoms with Crippen molar-refractivity contribution in [2.24, 2.45) is 0 Å². The van der Waals surface area contributed by atoms with Crippen LogP contribution in [0.3, 0.4) is 0 Å². The molecule has 0 aliphatic heterocycles. The van der Waals surface area contributed by atoms with Gasteiger partial charge in [0, 0.05) is 5.39 Å². The molecule has 0 saturated heterocycles.